The van der Waals surface area contributed by atoms with Crippen LogP contribution < -0.4 is 5.73 Å². The molecule has 0 bridgehead atoms. The second-order valence-corrected chi connectivity index (χ2v) is 12.7. The number of hydrogen-bond acceptors (Lipinski definition) is 8. The van der Waals surface area contributed by atoms with E-state index in [0.717, 1.165) is 32.1 Å². The molecule has 0 spiro atoms. The van der Waals surface area contributed by atoms with Gasteiger partial charge in [-0.2, -0.15) is 0 Å². The number of esters is 2. The molecule has 0 aromatic heterocycles. The maximum absolute atomic E-state index is 12.3. The summed E-state index contributed by atoms with van der Waals surface area (Å²) in [6, 6.07) is 0. The fourth-order valence-corrected chi connectivity index (χ4v) is 5.13. The molecular formula is C37H71NO8. The van der Waals surface area contributed by atoms with Crippen molar-refractivity contribution in [2.75, 3.05) is 33.0 Å². The summed E-state index contributed by atoms with van der Waals surface area (Å²) < 4.78 is 16.0. The molecule has 0 aromatic carbocycles. The van der Waals surface area contributed by atoms with Crippen LogP contribution in [0.1, 0.15) is 181 Å². The number of hydrogen-bond donors (Lipinski definition) is 1. The molecule has 1 atom stereocenters. The quantitative estimate of drug-likeness (QED) is 0.0304. The molecule has 0 aliphatic carbocycles. The Kier molecular flexibility index (Phi) is 34.8. The van der Waals surface area contributed by atoms with E-state index >= 15 is 0 Å². The lowest BCUT2D eigenvalue weighted by molar-refractivity contribution is -0.334. The van der Waals surface area contributed by atoms with Crippen molar-refractivity contribution in [3.8, 4) is 0 Å². The van der Waals surface area contributed by atoms with Crippen LogP contribution >= 0.6 is 0 Å². The molecule has 0 aliphatic heterocycles. The first-order chi connectivity index (χ1) is 22.5. The van der Waals surface area contributed by atoms with Crippen molar-refractivity contribution in [1.29, 1.82) is 0 Å². The SMILES string of the molecule is CCCCCCCCCCCCCCOO[C@@H](COC(=O)CCCCCCCCCCCCC)COC(=O)CCOCCC(N)=O. The lowest BCUT2D eigenvalue weighted by Gasteiger charge is -2.17. The van der Waals surface area contributed by atoms with Crippen molar-refractivity contribution >= 4 is 17.8 Å². The molecule has 46 heavy (non-hydrogen) atoms. The molecule has 0 unspecified atom stereocenters. The highest BCUT2D eigenvalue weighted by atomic mass is 17.2. The number of ether oxygens (including phenoxy) is 3. The molecule has 1 amide bonds. The molecule has 9 heteroatoms. The minimum atomic E-state index is -0.710. The second-order valence-electron chi connectivity index (χ2n) is 12.7. The van der Waals surface area contributed by atoms with Gasteiger partial charge in [-0.25, -0.2) is 9.78 Å². The van der Waals surface area contributed by atoms with Crippen molar-refractivity contribution < 1.29 is 38.4 Å². The van der Waals surface area contributed by atoms with E-state index in [2.05, 4.69) is 13.8 Å². The van der Waals surface area contributed by atoms with Crippen LogP contribution in [0.2, 0.25) is 0 Å². The van der Waals surface area contributed by atoms with Gasteiger partial charge in [0.2, 0.25) is 5.91 Å². The molecular weight excluding hydrogens is 586 g/mol. The molecule has 0 saturated heterocycles. The van der Waals surface area contributed by atoms with Gasteiger partial charge in [-0.1, -0.05) is 149 Å². The summed E-state index contributed by atoms with van der Waals surface area (Å²) in [5, 5.41) is 0. The molecule has 0 heterocycles. The van der Waals surface area contributed by atoms with Gasteiger partial charge in [-0.3, -0.25) is 14.4 Å². The normalized spacial score (nSPS) is 11.9. The Morgan fingerprint density at radius 3 is 1.33 bits per heavy atom. The third kappa shape index (κ3) is 35.1. The number of unbranched alkanes of at least 4 members (excludes halogenated alkanes) is 21. The van der Waals surface area contributed by atoms with Gasteiger partial charge < -0.3 is 19.9 Å². The zero-order chi connectivity index (χ0) is 33.8. The van der Waals surface area contributed by atoms with Gasteiger partial charge in [-0.15, -0.1) is 0 Å². The lowest BCUT2D eigenvalue weighted by Crippen LogP contribution is -2.29. The van der Waals surface area contributed by atoms with E-state index in [1.165, 1.54) is 116 Å². The van der Waals surface area contributed by atoms with Crippen molar-refractivity contribution in [2.24, 2.45) is 5.73 Å². The topological polar surface area (TPSA) is 123 Å². The Labute approximate surface area is 281 Å². The van der Waals surface area contributed by atoms with Crippen LogP contribution in [0, 0.1) is 0 Å². The van der Waals surface area contributed by atoms with Gasteiger partial charge in [0.05, 0.1) is 26.2 Å². The van der Waals surface area contributed by atoms with E-state index < -0.39 is 18.0 Å². The van der Waals surface area contributed by atoms with Crippen LogP contribution in [-0.2, 0) is 38.4 Å². The third-order valence-electron chi connectivity index (χ3n) is 8.07. The second kappa shape index (κ2) is 36.1. The number of carbonyl (C=O) groups is 3. The Balaban J connectivity index is 4.14. The monoisotopic (exact) mass is 658 g/mol. The van der Waals surface area contributed by atoms with Crippen LogP contribution in [0.3, 0.4) is 0 Å². The number of carbonyl (C=O) groups excluding carboxylic acids is 3. The van der Waals surface area contributed by atoms with Gasteiger partial charge >= 0.3 is 11.9 Å². The summed E-state index contributed by atoms with van der Waals surface area (Å²) in [5.41, 5.74) is 5.08. The summed E-state index contributed by atoms with van der Waals surface area (Å²) >= 11 is 0. The van der Waals surface area contributed by atoms with E-state index in [-0.39, 0.29) is 45.2 Å². The number of nitrogens with two attached hydrogens (primary N) is 1. The first kappa shape index (κ1) is 44.3. The molecule has 0 radical (unpaired) electrons. The van der Waals surface area contributed by atoms with Crippen LogP contribution in [0.15, 0.2) is 0 Å². The smallest absolute Gasteiger partial charge is 0.308 e. The van der Waals surface area contributed by atoms with Gasteiger partial charge in [0.25, 0.3) is 0 Å². The summed E-state index contributed by atoms with van der Waals surface area (Å²) in [6.07, 6.45) is 28.3. The maximum atomic E-state index is 12.3. The zero-order valence-corrected chi connectivity index (χ0v) is 29.8. The van der Waals surface area contributed by atoms with Crippen LogP contribution in [-0.4, -0.2) is 57.0 Å². The minimum Gasteiger partial charge on any atom is -0.463 e. The molecule has 0 saturated carbocycles. The van der Waals surface area contributed by atoms with Crippen LogP contribution in [0.25, 0.3) is 0 Å². The molecule has 0 fully saturated rings. The Bertz CT molecular complexity index is 690. The predicted octanol–water partition coefficient (Wildman–Crippen LogP) is 9.07. The molecule has 9 nitrogen and oxygen atoms in total. The van der Waals surface area contributed by atoms with Gasteiger partial charge in [-0.05, 0) is 12.8 Å². The fourth-order valence-electron chi connectivity index (χ4n) is 5.13. The van der Waals surface area contributed by atoms with E-state index in [1.807, 2.05) is 0 Å². The highest BCUT2D eigenvalue weighted by molar-refractivity contribution is 5.73. The van der Waals surface area contributed by atoms with Crippen molar-refractivity contribution in [3.05, 3.63) is 0 Å². The van der Waals surface area contributed by atoms with E-state index in [4.69, 9.17) is 29.7 Å². The summed E-state index contributed by atoms with van der Waals surface area (Å²) in [5.74, 6) is -1.20. The first-order valence-corrected chi connectivity index (χ1v) is 18.9. The first-order valence-electron chi connectivity index (χ1n) is 18.9. The predicted molar refractivity (Wildman–Crippen MR) is 184 cm³/mol. The highest BCUT2D eigenvalue weighted by Crippen LogP contribution is 2.14. The Morgan fingerprint density at radius 2 is 0.870 bits per heavy atom. The average molecular weight is 658 g/mol. The maximum Gasteiger partial charge on any atom is 0.308 e. The van der Waals surface area contributed by atoms with Crippen molar-refractivity contribution in [3.63, 3.8) is 0 Å². The largest absolute Gasteiger partial charge is 0.463 e. The van der Waals surface area contributed by atoms with Gasteiger partial charge in [0.1, 0.15) is 13.2 Å². The number of primary amides is 1. The van der Waals surface area contributed by atoms with E-state index in [0.29, 0.717) is 13.0 Å². The molecule has 0 aromatic rings. The van der Waals surface area contributed by atoms with Gasteiger partial charge in [0, 0.05) is 12.8 Å². The van der Waals surface area contributed by atoms with Gasteiger partial charge in [0.15, 0.2) is 6.10 Å². The van der Waals surface area contributed by atoms with Crippen molar-refractivity contribution in [1.82, 2.24) is 0 Å². The average Bonchev–Trinajstić information content (AvgIpc) is 3.04. The molecule has 0 rings (SSSR count). The zero-order valence-electron chi connectivity index (χ0n) is 29.8. The Hall–Kier alpha value is -1.71. The Morgan fingerprint density at radius 1 is 0.478 bits per heavy atom. The summed E-state index contributed by atoms with van der Waals surface area (Å²) in [6.45, 7) is 5.08. The molecule has 0 aliphatic rings. The third-order valence-corrected chi connectivity index (χ3v) is 8.07. The highest BCUT2D eigenvalue weighted by Gasteiger charge is 2.17. The van der Waals surface area contributed by atoms with E-state index in [9.17, 15) is 14.4 Å². The van der Waals surface area contributed by atoms with Crippen molar-refractivity contribution in [2.45, 2.75) is 187 Å². The summed E-state index contributed by atoms with van der Waals surface area (Å²) in [7, 11) is 0. The minimum absolute atomic E-state index is 0.0316. The van der Waals surface area contributed by atoms with Crippen LogP contribution in [0.4, 0.5) is 0 Å². The van der Waals surface area contributed by atoms with E-state index in [1.54, 1.807) is 0 Å². The summed E-state index contributed by atoms with van der Waals surface area (Å²) in [4.78, 5) is 46.1. The van der Waals surface area contributed by atoms with Crippen LogP contribution in [0.5, 0.6) is 0 Å². The fraction of sp³-hybridized carbons (Fsp3) is 0.919. The standard InChI is InChI=1S/C37H71NO8/c1-3-5-7-9-11-13-15-17-19-21-23-25-29-45-46-34(33-44-37(41)28-31-42-30-27-35(38)39)32-43-36(40)26-24-22-20-18-16-14-12-10-8-6-4-2/h34H,3-33H2,1-2H3,(H2,38,39)/t34-/m0/s1. The number of amides is 1. The molecule has 2 N–H and O–H groups in total. The molecule has 272 valence electrons. The number of rotatable bonds is 37. The lowest BCUT2D eigenvalue weighted by atomic mass is 10.1.